The third kappa shape index (κ3) is 6.90. The van der Waals surface area contributed by atoms with E-state index in [0.29, 0.717) is 12.0 Å². The van der Waals surface area contributed by atoms with Crippen LogP contribution < -0.4 is 10.2 Å². The van der Waals surface area contributed by atoms with Gasteiger partial charge < -0.3 is 24.3 Å². The Labute approximate surface area is 257 Å². The number of ether oxygens (including phenoxy) is 2. The van der Waals surface area contributed by atoms with Gasteiger partial charge in [0.2, 0.25) is 0 Å². The Bertz CT molecular complexity index is 1670. The smallest absolute Gasteiger partial charge is 0.305 e. The van der Waals surface area contributed by atoms with Crippen molar-refractivity contribution in [1.29, 1.82) is 0 Å². The van der Waals surface area contributed by atoms with Gasteiger partial charge in [-0.25, -0.2) is 9.37 Å². The van der Waals surface area contributed by atoms with Crippen molar-refractivity contribution in [3.8, 4) is 0 Å². The van der Waals surface area contributed by atoms with Gasteiger partial charge in [-0.1, -0.05) is 29.8 Å². The summed E-state index contributed by atoms with van der Waals surface area (Å²) in [5.41, 5.74) is 1.57. The fraction of sp³-hybridized carbons (Fsp3) is 0.355. The second-order valence-corrected chi connectivity index (χ2v) is 11.9. The first kappa shape index (κ1) is 30.7. The van der Waals surface area contributed by atoms with Crippen LogP contribution in [0.2, 0.25) is 5.02 Å². The Morgan fingerprint density at radius 1 is 1.26 bits per heavy atom. The number of carbonyl (C=O) groups is 3. The van der Waals surface area contributed by atoms with Crippen LogP contribution in [-0.4, -0.2) is 53.2 Å². The molecular weight excluding hydrogens is 595 g/mol. The highest BCUT2D eigenvalue weighted by atomic mass is 35.5. The molecule has 0 aliphatic carbocycles. The maximum atomic E-state index is 15.1. The Morgan fingerprint density at radius 3 is 2.84 bits per heavy atom. The molecule has 0 radical (unpaired) electrons. The van der Waals surface area contributed by atoms with Crippen LogP contribution in [0.15, 0.2) is 48.8 Å². The molecule has 1 aliphatic rings. The zero-order chi connectivity index (χ0) is 30.7. The lowest BCUT2D eigenvalue weighted by Gasteiger charge is -2.26. The number of nitrogens with one attached hydrogen (secondary N) is 1. The number of methoxy groups -OCH3 is 1. The highest BCUT2D eigenvalue weighted by Gasteiger charge is 2.31. The molecule has 0 bridgehead atoms. The number of esters is 1. The normalized spacial score (nSPS) is 15.6. The van der Waals surface area contributed by atoms with Crippen molar-refractivity contribution in [2.45, 2.75) is 51.4 Å². The Kier molecular flexibility index (Phi) is 9.43. The quantitative estimate of drug-likeness (QED) is 0.206. The monoisotopic (exact) mass is 626 g/mol. The Balaban J connectivity index is 1.20. The second kappa shape index (κ2) is 13.2. The van der Waals surface area contributed by atoms with Crippen molar-refractivity contribution in [3.05, 3.63) is 75.6 Å². The lowest BCUT2D eigenvalue weighted by Crippen LogP contribution is -2.37. The van der Waals surface area contributed by atoms with Crippen LogP contribution in [0.25, 0.3) is 10.9 Å². The first-order chi connectivity index (χ1) is 20.6. The number of hydrogen-bond donors (Lipinski definition) is 1. The number of amides is 1. The number of fused-ring (bicyclic) bond motifs is 1. The average molecular weight is 627 g/mol. The predicted molar refractivity (Wildman–Crippen MR) is 164 cm³/mol. The molecular formula is C31H32ClFN4O5S. The SMILES string of the molecule is COC(=O)CCc1cnc(N2CCC[C@@H]2OC(C)C(=O)Cc2cc(Cl)c(NC(=O)c3cn(C)c4ccccc34)cc2F)s1. The van der Waals surface area contributed by atoms with Crippen LogP contribution in [0.4, 0.5) is 15.2 Å². The van der Waals surface area contributed by atoms with Crippen LogP contribution in [0, 0.1) is 5.82 Å². The molecule has 226 valence electrons. The predicted octanol–water partition coefficient (Wildman–Crippen LogP) is 5.93. The van der Waals surface area contributed by atoms with Crippen molar-refractivity contribution in [1.82, 2.24) is 9.55 Å². The highest BCUT2D eigenvalue weighted by molar-refractivity contribution is 7.15. The Morgan fingerprint density at radius 2 is 2.05 bits per heavy atom. The van der Waals surface area contributed by atoms with Crippen molar-refractivity contribution in [3.63, 3.8) is 0 Å². The Hall–Kier alpha value is -3.80. The molecule has 2 atom stereocenters. The maximum Gasteiger partial charge on any atom is 0.305 e. The number of halogens is 2. The molecule has 1 amide bonds. The fourth-order valence-electron chi connectivity index (χ4n) is 5.14. The standard InChI is InChI=1S/C31H32ClFN4O5S/c1-18(42-28-9-6-12-37(28)31-34-16-20(43-31)10-11-29(39)41-3)27(38)14-19-13-23(32)25(15-24(19)33)35-30(40)22-17-36(2)26-8-5-4-7-21(22)26/h4-5,7-8,13,15-18,28H,6,9-12,14H2,1-3H3,(H,35,40)/t18?,28-/m0/s1. The van der Waals surface area contributed by atoms with E-state index in [2.05, 4.69) is 10.3 Å². The topological polar surface area (TPSA) is 103 Å². The van der Waals surface area contributed by atoms with Crippen molar-refractivity contribution < 1.29 is 28.2 Å². The van der Waals surface area contributed by atoms with Crippen LogP contribution in [0.1, 0.15) is 47.0 Å². The first-order valence-electron chi connectivity index (χ1n) is 13.9. The first-order valence-corrected chi connectivity index (χ1v) is 15.1. The minimum absolute atomic E-state index is 0.118. The summed E-state index contributed by atoms with van der Waals surface area (Å²) in [6.45, 7) is 2.38. The van der Waals surface area contributed by atoms with Gasteiger partial charge >= 0.3 is 5.97 Å². The molecule has 1 N–H and O–H groups in total. The van der Waals surface area contributed by atoms with E-state index in [1.54, 1.807) is 19.3 Å². The van der Waals surface area contributed by atoms with Gasteiger partial charge in [0.15, 0.2) is 10.9 Å². The van der Waals surface area contributed by atoms with E-state index >= 15 is 4.39 Å². The van der Waals surface area contributed by atoms with E-state index in [1.807, 2.05) is 40.8 Å². The number of nitrogens with zero attached hydrogens (tertiary/aromatic N) is 3. The molecule has 1 saturated heterocycles. The van der Waals surface area contributed by atoms with Gasteiger partial charge in [-0.15, -0.1) is 11.3 Å². The summed E-state index contributed by atoms with van der Waals surface area (Å²) in [5.74, 6) is -1.64. The molecule has 4 aromatic rings. The van der Waals surface area contributed by atoms with Gasteiger partial charge in [0, 0.05) is 48.2 Å². The van der Waals surface area contributed by atoms with Gasteiger partial charge in [-0.2, -0.15) is 0 Å². The molecule has 1 aliphatic heterocycles. The maximum absolute atomic E-state index is 15.1. The van der Waals surface area contributed by atoms with Crippen molar-refractivity contribution >= 4 is 62.3 Å². The lowest BCUT2D eigenvalue weighted by atomic mass is 10.0. The van der Waals surface area contributed by atoms with E-state index in [1.165, 1.54) is 24.5 Å². The fourth-order valence-corrected chi connectivity index (χ4v) is 6.35. The number of ketones is 1. The minimum atomic E-state index is -0.798. The number of thiazole rings is 1. The summed E-state index contributed by atoms with van der Waals surface area (Å²) < 4.78 is 27.8. The van der Waals surface area contributed by atoms with Gasteiger partial charge in [0.1, 0.15) is 18.1 Å². The van der Waals surface area contributed by atoms with Gasteiger partial charge in [0.05, 0.1) is 29.8 Å². The summed E-state index contributed by atoms with van der Waals surface area (Å²) in [6, 6.07) is 9.99. The number of anilines is 2. The summed E-state index contributed by atoms with van der Waals surface area (Å²) in [5, 5.41) is 4.35. The number of aromatic nitrogens is 2. The average Bonchev–Trinajstić information content (AvgIpc) is 3.73. The molecule has 9 nitrogen and oxygen atoms in total. The van der Waals surface area contributed by atoms with E-state index in [0.717, 1.165) is 46.4 Å². The number of Topliss-reactive ketones (excluding diaryl/α,β-unsaturated/α-hetero) is 1. The third-order valence-corrected chi connectivity index (χ3v) is 8.90. The van der Waals surface area contributed by atoms with Crippen molar-refractivity contribution in [2.75, 3.05) is 23.9 Å². The van der Waals surface area contributed by atoms with Crippen LogP contribution in [0.3, 0.4) is 0 Å². The van der Waals surface area contributed by atoms with E-state index in [-0.39, 0.29) is 47.1 Å². The highest BCUT2D eigenvalue weighted by Crippen LogP contribution is 2.32. The van der Waals surface area contributed by atoms with Gasteiger partial charge in [0.25, 0.3) is 5.91 Å². The summed E-state index contributed by atoms with van der Waals surface area (Å²) >= 11 is 7.91. The summed E-state index contributed by atoms with van der Waals surface area (Å²) in [7, 11) is 3.21. The molecule has 0 spiro atoms. The van der Waals surface area contributed by atoms with Gasteiger partial charge in [-0.3, -0.25) is 14.4 Å². The number of benzene rings is 2. The molecule has 3 heterocycles. The van der Waals surface area contributed by atoms with Crippen molar-refractivity contribution in [2.24, 2.45) is 7.05 Å². The molecule has 2 aromatic heterocycles. The number of carbonyl (C=O) groups excluding carboxylic acids is 3. The molecule has 2 aromatic carbocycles. The van der Waals surface area contributed by atoms with Crippen LogP contribution >= 0.6 is 22.9 Å². The number of aryl methyl sites for hydroxylation is 2. The number of rotatable bonds is 11. The molecule has 0 saturated carbocycles. The van der Waals surface area contributed by atoms with Crippen LogP contribution in [0.5, 0.6) is 0 Å². The number of para-hydroxylation sites is 1. The molecule has 1 unspecified atom stereocenters. The summed E-state index contributed by atoms with van der Waals surface area (Å²) in [4.78, 5) is 45.0. The minimum Gasteiger partial charge on any atom is -0.469 e. The molecule has 12 heteroatoms. The molecule has 5 rings (SSSR count). The number of hydrogen-bond acceptors (Lipinski definition) is 8. The molecule has 1 fully saturated rings. The van der Waals surface area contributed by atoms with Gasteiger partial charge in [-0.05, 0) is 49.9 Å². The zero-order valence-corrected chi connectivity index (χ0v) is 25.6. The second-order valence-electron chi connectivity index (χ2n) is 10.4. The molecule has 43 heavy (non-hydrogen) atoms. The lowest BCUT2D eigenvalue weighted by molar-refractivity contribution is -0.140. The van der Waals surface area contributed by atoms with E-state index in [4.69, 9.17) is 21.1 Å². The third-order valence-electron chi connectivity index (χ3n) is 7.49. The van der Waals surface area contributed by atoms with E-state index < -0.39 is 17.8 Å². The summed E-state index contributed by atoms with van der Waals surface area (Å²) in [6.07, 6.45) is 4.51. The zero-order valence-electron chi connectivity index (χ0n) is 24.1. The largest absolute Gasteiger partial charge is 0.469 e. The van der Waals surface area contributed by atoms with E-state index in [9.17, 15) is 14.4 Å². The van der Waals surface area contributed by atoms with Crippen LogP contribution in [-0.2, 0) is 39.0 Å².